The van der Waals surface area contributed by atoms with Crippen LogP contribution in [-0.2, 0) is 4.79 Å². The van der Waals surface area contributed by atoms with E-state index in [2.05, 4.69) is 20.8 Å². The van der Waals surface area contributed by atoms with Crippen LogP contribution < -0.4 is 5.73 Å². The van der Waals surface area contributed by atoms with Gasteiger partial charge in [0.2, 0.25) is 5.91 Å². The van der Waals surface area contributed by atoms with E-state index < -0.39 is 0 Å². The molecule has 1 atom stereocenters. The highest BCUT2D eigenvalue weighted by Crippen LogP contribution is 2.34. The number of nitrogens with zero attached hydrogens (tertiary/aromatic N) is 1. The van der Waals surface area contributed by atoms with Gasteiger partial charge in [0.15, 0.2) is 0 Å². The molecule has 0 aromatic heterocycles. The molecule has 18 heavy (non-hydrogen) atoms. The lowest BCUT2D eigenvalue weighted by molar-refractivity contribution is -0.133. The van der Waals surface area contributed by atoms with Crippen molar-refractivity contribution in [1.29, 1.82) is 0 Å². The van der Waals surface area contributed by atoms with Crippen LogP contribution in [0.25, 0.3) is 0 Å². The minimum atomic E-state index is 0. The van der Waals surface area contributed by atoms with Gasteiger partial charge in [0.1, 0.15) is 0 Å². The Morgan fingerprint density at radius 1 is 1.33 bits per heavy atom. The maximum absolute atomic E-state index is 11.9. The van der Waals surface area contributed by atoms with Gasteiger partial charge in [-0.25, -0.2) is 0 Å². The Kier molecular flexibility index (Phi) is 7.23. The van der Waals surface area contributed by atoms with Crippen LogP contribution in [0.15, 0.2) is 0 Å². The second-order valence-corrected chi connectivity index (χ2v) is 6.54. The monoisotopic (exact) mass is 276 g/mol. The third-order valence-electron chi connectivity index (χ3n) is 3.89. The van der Waals surface area contributed by atoms with Crippen LogP contribution >= 0.6 is 12.4 Å². The fourth-order valence-corrected chi connectivity index (χ4v) is 2.50. The summed E-state index contributed by atoms with van der Waals surface area (Å²) >= 11 is 0. The quantitative estimate of drug-likeness (QED) is 0.862. The average Bonchev–Trinajstić information content (AvgIpc) is 2.25. The lowest BCUT2D eigenvalue weighted by Crippen LogP contribution is -2.41. The molecule has 0 radical (unpaired) electrons. The molecule has 0 bridgehead atoms. The van der Waals surface area contributed by atoms with Gasteiger partial charge in [0.25, 0.3) is 0 Å². The number of carbonyl (C=O) groups excluding carboxylic acids is 1. The standard InChI is InChI=1S/C14H28N2O.ClH/c1-11(15)5-6-13(17)16-9-7-12(8-10-16)14(2,3)4;/h11-12H,5-10,15H2,1-4H3;1H. The van der Waals surface area contributed by atoms with Crippen molar-refractivity contribution >= 4 is 18.3 Å². The minimum absolute atomic E-state index is 0. The van der Waals surface area contributed by atoms with E-state index in [-0.39, 0.29) is 24.4 Å². The minimum Gasteiger partial charge on any atom is -0.343 e. The van der Waals surface area contributed by atoms with Crippen LogP contribution in [0.3, 0.4) is 0 Å². The van der Waals surface area contributed by atoms with Crippen molar-refractivity contribution in [2.75, 3.05) is 13.1 Å². The van der Waals surface area contributed by atoms with Crippen LogP contribution in [-0.4, -0.2) is 29.9 Å². The van der Waals surface area contributed by atoms with Crippen molar-refractivity contribution in [2.24, 2.45) is 17.1 Å². The second-order valence-electron chi connectivity index (χ2n) is 6.54. The summed E-state index contributed by atoms with van der Waals surface area (Å²) in [5.41, 5.74) is 6.05. The molecular formula is C14H29ClN2O. The zero-order valence-electron chi connectivity index (χ0n) is 12.2. The smallest absolute Gasteiger partial charge is 0.222 e. The van der Waals surface area contributed by atoms with Gasteiger partial charge in [0.05, 0.1) is 0 Å². The third kappa shape index (κ3) is 5.57. The molecule has 0 aromatic rings. The van der Waals surface area contributed by atoms with Crippen molar-refractivity contribution in [3.05, 3.63) is 0 Å². The number of amides is 1. The predicted molar refractivity (Wildman–Crippen MR) is 78.9 cm³/mol. The first-order chi connectivity index (χ1) is 7.80. The number of carbonyl (C=O) groups is 1. The Hall–Kier alpha value is -0.280. The number of halogens is 1. The fourth-order valence-electron chi connectivity index (χ4n) is 2.50. The molecule has 0 spiro atoms. The highest BCUT2D eigenvalue weighted by Gasteiger charge is 2.30. The summed E-state index contributed by atoms with van der Waals surface area (Å²) in [7, 11) is 0. The molecule has 1 aliphatic heterocycles. The molecule has 1 rings (SSSR count). The van der Waals surface area contributed by atoms with Crippen LogP contribution in [0.4, 0.5) is 0 Å². The molecule has 1 heterocycles. The van der Waals surface area contributed by atoms with E-state index in [0.717, 1.165) is 38.3 Å². The second kappa shape index (κ2) is 7.34. The zero-order chi connectivity index (χ0) is 13.1. The Bertz CT molecular complexity index is 253. The summed E-state index contributed by atoms with van der Waals surface area (Å²) in [6, 6.07) is 0.131. The number of rotatable bonds is 3. The number of likely N-dealkylation sites (tertiary alicyclic amines) is 1. The van der Waals surface area contributed by atoms with Crippen molar-refractivity contribution in [1.82, 2.24) is 4.90 Å². The number of hydrogen-bond donors (Lipinski definition) is 1. The molecule has 0 aliphatic carbocycles. The lowest BCUT2D eigenvalue weighted by Gasteiger charge is -2.38. The number of piperidine rings is 1. The molecule has 1 aliphatic rings. The highest BCUT2D eigenvalue weighted by atomic mass is 35.5. The molecule has 0 saturated carbocycles. The van der Waals surface area contributed by atoms with Gasteiger partial charge in [0, 0.05) is 25.6 Å². The first-order valence-corrected chi connectivity index (χ1v) is 6.84. The molecule has 0 aromatic carbocycles. The van der Waals surface area contributed by atoms with Gasteiger partial charge in [-0.1, -0.05) is 20.8 Å². The lowest BCUT2D eigenvalue weighted by atomic mass is 9.75. The molecule has 2 N–H and O–H groups in total. The van der Waals surface area contributed by atoms with E-state index in [1.54, 1.807) is 0 Å². The highest BCUT2D eigenvalue weighted by molar-refractivity contribution is 5.85. The molecule has 1 unspecified atom stereocenters. The van der Waals surface area contributed by atoms with E-state index in [1.807, 2.05) is 11.8 Å². The van der Waals surface area contributed by atoms with E-state index >= 15 is 0 Å². The summed E-state index contributed by atoms with van der Waals surface area (Å²) in [6.45, 7) is 10.7. The van der Waals surface area contributed by atoms with Gasteiger partial charge in [-0.2, -0.15) is 0 Å². The molecule has 4 heteroatoms. The molecule has 1 fully saturated rings. The Morgan fingerprint density at radius 3 is 2.22 bits per heavy atom. The molecule has 1 amide bonds. The van der Waals surface area contributed by atoms with Crippen molar-refractivity contribution in [2.45, 2.75) is 59.4 Å². The van der Waals surface area contributed by atoms with Crippen LogP contribution in [0.5, 0.6) is 0 Å². The normalized spacial score (nSPS) is 19.3. The molecule has 1 saturated heterocycles. The maximum Gasteiger partial charge on any atom is 0.222 e. The Labute approximate surface area is 118 Å². The van der Waals surface area contributed by atoms with Crippen LogP contribution in [0.2, 0.25) is 0 Å². The van der Waals surface area contributed by atoms with E-state index in [4.69, 9.17) is 5.73 Å². The first kappa shape index (κ1) is 17.7. The molecular weight excluding hydrogens is 248 g/mol. The van der Waals surface area contributed by atoms with Crippen molar-refractivity contribution in [3.63, 3.8) is 0 Å². The largest absolute Gasteiger partial charge is 0.343 e. The Morgan fingerprint density at radius 2 is 1.83 bits per heavy atom. The number of nitrogens with two attached hydrogens (primary N) is 1. The van der Waals surface area contributed by atoms with Crippen LogP contribution in [0.1, 0.15) is 53.4 Å². The van der Waals surface area contributed by atoms with Gasteiger partial charge in [-0.05, 0) is 37.5 Å². The predicted octanol–water partition coefficient (Wildman–Crippen LogP) is 2.82. The van der Waals surface area contributed by atoms with Crippen molar-refractivity contribution < 1.29 is 4.79 Å². The maximum atomic E-state index is 11.9. The Balaban J connectivity index is 0.00000289. The summed E-state index contributed by atoms with van der Waals surface area (Å²) in [5.74, 6) is 1.04. The zero-order valence-corrected chi connectivity index (χ0v) is 13.1. The van der Waals surface area contributed by atoms with E-state index in [0.29, 0.717) is 11.8 Å². The summed E-state index contributed by atoms with van der Waals surface area (Å²) in [6.07, 6.45) is 3.71. The SMILES string of the molecule is CC(N)CCC(=O)N1CCC(C(C)(C)C)CC1.Cl. The molecule has 108 valence electrons. The van der Waals surface area contributed by atoms with Gasteiger partial charge in [-0.15, -0.1) is 12.4 Å². The van der Waals surface area contributed by atoms with Gasteiger partial charge >= 0.3 is 0 Å². The topological polar surface area (TPSA) is 46.3 Å². The van der Waals surface area contributed by atoms with Crippen LogP contribution in [0, 0.1) is 11.3 Å². The fraction of sp³-hybridized carbons (Fsp3) is 0.929. The van der Waals surface area contributed by atoms with E-state index in [1.165, 1.54) is 0 Å². The average molecular weight is 277 g/mol. The first-order valence-electron chi connectivity index (χ1n) is 6.84. The summed E-state index contributed by atoms with van der Waals surface area (Å²) < 4.78 is 0. The van der Waals surface area contributed by atoms with E-state index in [9.17, 15) is 4.79 Å². The number of hydrogen-bond acceptors (Lipinski definition) is 2. The van der Waals surface area contributed by atoms with Gasteiger partial charge in [-0.3, -0.25) is 4.79 Å². The molecule has 3 nitrogen and oxygen atoms in total. The van der Waals surface area contributed by atoms with Gasteiger partial charge < -0.3 is 10.6 Å². The third-order valence-corrected chi connectivity index (χ3v) is 3.89. The van der Waals surface area contributed by atoms with Crippen molar-refractivity contribution in [3.8, 4) is 0 Å². The summed E-state index contributed by atoms with van der Waals surface area (Å²) in [5, 5.41) is 0. The summed E-state index contributed by atoms with van der Waals surface area (Å²) in [4.78, 5) is 13.9.